The molecule has 8 heteroatoms. The molecular weight excluding hydrogens is 322 g/mol. The minimum absolute atomic E-state index is 0.00411. The molecule has 0 saturated heterocycles. The van der Waals surface area contributed by atoms with Crippen molar-refractivity contribution in [3.8, 4) is 5.75 Å². The predicted octanol–water partition coefficient (Wildman–Crippen LogP) is 3.62. The summed E-state index contributed by atoms with van der Waals surface area (Å²) in [7, 11) is 1.55. The van der Waals surface area contributed by atoms with Crippen LogP contribution >= 0.6 is 11.6 Å². The molecule has 2 amide bonds. The summed E-state index contributed by atoms with van der Waals surface area (Å²) < 4.78 is 0. The van der Waals surface area contributed by atoms with E-state index in [-0.39, 0.29) is 28.7 Å². The van der Waals surface area contributed by atoms with Crippen molar-refractivity contribution in [3.63, 3.8) is 0 Å². The van der Waals surface area contributed by atoms with Gasteiger partial charge in [-0.1, -0.05) is 29.8 Å². The molecule has 7 nitrogen and oxygen atoms in total. The van der Waals surface area contributed by atoms with E-state index < -0.39 is 11.0 Å². The average Bonchev–Trinajstić information content (AvgIpc) is 2.51. The van der Waals surface area contributed by atoms with Gasteiger partial charge in [0.25, 0.3) is 5.69 Å². The molecule has 0 bridgehead atoms. The number of carbonyl (C=O) groups is 1. The first kappa shape index (κ1) is 16.6. The quantitative estimate of drug-likeness (QED) is 0.659. The fourth-order valence-corrected chi connectivity index (χ4v) is 2.11. The first-order valence-electron chi connectivity index (χ1n) is 6.61. The number of anilines is 1. The number of amides is 2. The number of nitrogens with one attached hydrogen (secondary N) is 1. The van der Waals surface area contributed by atoms with Crippen LogP contribution in [-0.4, -0.2) is 28.0 Å². The normalized spacial score (nSPS) is 10.2. The highest BCUT2D eigenvalue weighted by atomic mass is 35.5. The lowest BCUT2D eigenvalue weighted by atomic mass is 10.2. The van der Waals surface area contributed by atoms with E-state index in [0.29, 0.717) is 5.56 Å². The lowest BCUT2D eigenvalue weighted by molar-refractivity contribution is -0.384. The Hall–Kier alpha value is -2.80. The lowest BCUT2D eigenvalue weighted by Crippen LogP contribution is -2.30. The number of urea groups is 1. The summed E-state index contributed by atoms with van der Waals surface area (Å²) in [5.74, 6) is 0.0919. The van der Waals surface area contributed by atoms with Crippen molar-refractivity contribution < 1.29 is 14.8 Å². The Labute approximate surface area is 137 Å². The molecule has 0 atom stereocenters. The van der Waals surface area contributed by atoms with E-state index in [1.807, 2.05) is 0 Å². The van der Waals surface area contributed by atoms with E-state index >= 15 is 0 Å². The summed E-state index contributed by atoms with van der Waals surface area (Å²) in [6, 6.07) is 10.2. The van der Waals surface area contributed by atoms with Crippen molar-refractivity contribution in [1.82, 2.24) is 4.90 Å². The van der Waals surface area contributed by atoms with E-state index in [2.05, 4.69) is 5.32 Å². The fraction of sp³-hybridized carbons (Fsp3) is 0.133. The van der Waals surface area contributed by atoms with Gasteiger partial charge >= 0.3 is 6.03 Å². The van der Waals surface area contributed by atoms with Crippen molar-refractivity contribution in [3.05, 3.63) is 63.2 Å². The van der Waals surface area contributed by atoms with Crippen LogP contribution in [0.1, 0.15) is 5.56 Å². The first-order valence-corrected chi connectivity index (χ1v) is 6.99. The van der Waals surface area contributed by atoms with E-state index in [1.54, 1.807) is 25.2 Å². The number of halogens is 1. The Bertz CT molecular complexity index is 751. The van der Waals surface area contributed by atoms with Crippen LogP contribution in [0.5, 0.6) is 5.75 Å². The second-order valence-corrected chi connectivity index (χ2v) is 5.25. The third-order valence-corrected chi connectivity index (χ3v) is 3.46. The molecule has 0 saturated carbocycles. The highest BCUT2D eigenvalue weighted by Gasteiger charge is 2.16. The van der Waals surface area contributed by atoms with Crippen LogP contribution in [0.2, 0.25) is 5.02 Å². The maximum absolute atomic E-state index is 12.1. The number of nitro benzene ring substituents is 1. The Balaban J connectivity index is 2.08. The number of hydrogen-bond donors (Lipinski definition) is 2. The summed E-state index contributed by atoms with van der Waals surface area (Å²) in [5, 5.41) is 23.1. The number of nitro groups is 1. The van der Waals surface area contributed by atoms with Crippen LogP contribution in [0.15, 0.2) is 42.5 Å². The van der Waals surface area contributed by atoms with Crippen molar-refractivity contribution in [1.29, 1.82) is 0 Å². The zero-order valence-corrected chi connectivity index (χ0v) is 12.9. The number of carbonyl (C=O) groups excluding carboxylic acids is 1. The van der Waals surface area contributed by atoms with Crippen molar-refractivity contribution in [2.24, 2.45) is 0 Å². The van der Waals surface area contributed by atoms with Gasteiger partial charge < -0.3 is 15.3 Å². The number of rotatable bonds is 4. The number of hydrogen-bond acceptors (Lipinski definition) is 4. The van der Waals surface area contributed by atoms with Crippen molar-refractivity contribution in [2.45, 2.75) is 6.54 Å². The molecule has 0 radical (unpaired) electrons. The molecule has 2 aromatic carbocycles. The number of benzene rings is 2. The van der Waals surface area contributed by atoms with Gasteiger partial charge in [0.2, 0.25) is 0 Å². The van der Waals surface area contributed by atoms with Crippen LogP contribution in [0.25, 0.3) is 0 Å². The van der Waals surface area contributed by atoms with Gasteiger partial charge in [-0.2, -0.15) is 0 Å². The molecular formula is C15H14ClN3O4. The van der Waals surface area contributed by atoms with E-state index in [0.717, 1.165) is 0 Å². The molecule has 2 N–H and O–H groups in total. The minimum atomic E-state index is -0.621. The zero-order chi connectivity index (χ0) is 17.0. The van der Waals surface area contributed by atoms with Gasteiger partial charge in [0.05, 0.1) is 11.5 Å². The van der Waals surface area contributed by atoms with Gasteiger partial charge in [-0.25, -0.2) is 4.79 Å². The van der Waals surface area contributed by atoms with Gasteiger partial charge in [-0.3, -0.25) is 10.1 Å². The molecule has 2 rings (SSSR count). The Morgan fingerprint density at radius 3 is 2.70 bits per heavy atom. The first-order chi connectivity index (χ1) is 10.9. The van der Waals surface area contributed by atoms with Gasteiger partial charge in [0.1, 0.15) is 10.8 Å². The Morgan fingerprint density at radius 2 is 2.04 bits per heavy atom. The largest absolute Gasteiger partial charge is 0.508 e. The second-order valence-electron chi connectivity index (χ2n) is 4.84. The maximum Gasteiger partial charge on any atom is 0.321 e. The molecule has 0 unspecified atom stereocenters. The van der Waals surface area contributed by atoms with Crippen molar-refractivity contribution in [2.75, 3.05) is 12.4 Å². The summed E-state index contributed by atoms with van der Waals surface area (Å²) >= 11 is 5.72. The second kappa shape index (κ2) is 6.97. The van der Waals surface area contributed by atoms with Crippen molar-refractivity contribution >= 4 is 29.0 Å². The molecule has 0 spiro atoms. The number of phenolic OH excluding ortho intramolecular Hbond substituents is 1. The molecule has 0 aliphatic heterocycles. The lowest BCUT2D eigenvalue weighted by Gasteiger charge is -2.18. The summed E-state index contributed by atoms with van der Waals surface area (Å²) in [5.41, 5.74) is 0.565. The van der Waals surface area contributed by atoms with E-state index in [9.17, 15) is 20.0 Å². The monoisotopic (exact) mass is 335 g/mol. The van der Waals surface area contributed by atoms with Crippen LogP contribution in [0.3, 0.4) is 0 Å². The highest BCUT2D eigenvalue weighted by Crippen LogP contribution is 2.27. The van der Waals surface area contributed by atoms with Crippen LogP contribution in [-0.2, 0) is 6.54 Å². The zero-order valence-electron chi connectivity index (χ0n) is 12.2. The number of phenols is 1. The molecule has 2 aromatic rings. The van der Waals surface area contributed by atoms with Crippen LogP contribution in [0, 0.1) is 10.1 Å². The number of para-hydroxylation sites is 1. The summed E-state index contributed by atoms with van der Waals surface area (Å²) in [6.45, 7) is 0.189. The number of nitrogens with zero attached hydrogens (tertiary/aromatic N) is 2. The SMILES string of the molecule is CN(Cc1ccccc1O)C(=O)Nc1ccc(Cl)c([N+](=O)[O-])c1. The van der Waals surface area contributed by atoms with Crippen LogP contribution < -0.4 is 5.32 Å². The molecule has 0 aromatic heterocycles. The highest BCUT2D eigenvalue weighted by molar-refractivity contribution is 6.32. The molecule has 23 heavy (non-hydrogen) atoms. The van der Waals surface area contributed by atoms with Gasteiger partial charge in [-0.05, 0) is 18.2 Å². The molecule has 120 valence electrons. The predicted molar refractivity (Wildman–Crippen MR) is 86.7 cm³/mol. The maximum atomic E-state index is 12.1. The van der Waals surface area contributed by atoms with E-state index in [4.69, 9.17) is 11.6 Å². The van der Waals surface area contributed by atoms with Gasteiger partial charge in [0, 0.05) is 24.4 Å². The fourth-order valence-electron chi connectivity index (χ4n) is 1.92. The third-order valence-electron chi connectivity index (χ3n) is 3.14. The summed E-state index contributed by atoms with van der Waals surface area (Å²) in [4.78, 5) is 23.7. The van der Waals surface area contributed by atoms with E-state index in [1.165, 1.54) is 29.2 Å². The Kier molecular flexibility index (Phi) is 5.02. The summed E-state index contributed by atoms with van der Waals surface area (Å²) in [6.07, 6.45) is 0. The number of aromatic hydroxyl groups is 1. The topological polar surface area (TPSA) is 95.7 Å². The molecule has 0 aliphatic rings. The third kappa shape index (κ3) is 4.10. The minimum Gasteiger partial charge on any atom is -0.508 e. The molecule has 0 aliphatic carbocycles. The smallest absolute Gasteiger partial charge is 0.321 e. The van der Waals surface area contributed by atoms with Gasteiger partial charge in [-0.15, -0.1) is 0 Å². The van der Waals surface area contributed by atoms with Gasteiger partial charge in [0.15, 0.2) is 0 Å². The Morgan fingerprint density at radius 1 is 1.35 bits per heavy atom. The molecule has 0 heterocycles. The average molecular weight is 336 g/mol. The molecule has 0 fully saturated rings. The van der Waals surface area contributed by atoms with Crippen LogP contribution in [0.4, 0.5) is 16.2 Å². The standard InChI is InChI=1S/C15H14ClN3O4/c1-18(9-10-4-2-3-5-14(10)20)15(21)17-11-6-7-12(16)13(8-11)19(22)23/h2-8,20H,9H2,1H3,(H,17,21).